The molecule has 148 valence electrons. The Balaban J connectivity index is 0.00000338. The number of carbonyl (C=O) groups is 1. The van der Waals surface area contributed by atoms with E-state index in [2.05, 4.69) is 16.7 Å². The molecule has 2 N–H and O–H groups in total. The van der Waals surface area contributed by atoms with Crippen LogP contribution in [0, 0.1) is 5.41 Å². The van der Waals surface area contributed by atoms with Crippen molar-refractivity contribution >= 4 is 58.8 Å². The minimum atomic E-state index is -0.326. The number of thiophene rings is 1. The van der Waals surface area contributed by atoms with Crippen molar-refractivity contribution in [2.24, 2.45) is 10.4 Å². The summed E-state index contributed by atoms with van der Waals surface area (Å²) in [6.07, 6.45) is 4.99. The third-order valence-electron chi connectivity index (χ3n) is 4.60. The number of halogens is 2. The van der Waals surface area contributed by atoms with E-state index in [1.54, 1.807) is 16.2 Å². The summed E-state index contributed by atoms with van der Waals surface area (Å²) in [5.74, 6) is 0.987. The second-order valence-electron chi connectivity index (χ2n) is 6.76. The topological polar surface area (TPSA) is 56.7 Å². The molecule has 5 nitrogen and oxygen atoms in total. The molecule has 0 saturated heterocycles. The van der Waals surface area contributed by atoms with Crippen LogP contribution in [0.3, 0.4) is 0 Å². The third-order valence-corrected chi connectivity index (χ3v) is 5.89. The first-order valence-electron chi connectivity index (χ1n) is 8.95. The number of nitrogens with one attached hydrogen (secondary N) is 2. The lowest BCUT2D eigenvalue weighted by atomic mass is 9.85. The zero-order valence-corrected chi connectivity index (χ0v) is 19.7. The van der Waals surface area contributed by atoms with E-state index in [4.69, 9.17) is 16.6 Å². The SMILES string of the molecule is CCNC(=NCC1(C(=O)N(C)C)CCCC1)NCCc1ccc(Cl)s1.I. The monoisotopic (exact) mass is 512 g/mol. The summed E-state index contributed by atoms with van der Waals surface area (Å²) in [4.78, 5) is 20.3. The average Bonchev–Trinajstić information content (AvgIpc) is 3.22. The highest BCUT2D eigenvalue weighted by Gasteiger charge is 2.41. The summed E-state index contributed by atoms with van der Waals surface area (Å²) in [6, 6.07) is 3.99. The molecule has 0 unspecified atom stereocenters. The van der Waals surface area contributed by atoms with Crippen molar-refractivity contribution in [3.8, 4) is 0 Å². The molecule has 1 aliphatic rings. The van der Waals surface area contributed by atoms with E-state index < -0.39 is 0 Å². The number of hydrogen-bond acceptors (Lipinski definition) is 3. The fourth-order valence-corrected chi connectivity index (χ4v) is 4.42. The van der Waals surface area contributed by atoms with Crippen molar-refractivity contribution in [3.63, 3.8) is 0 Å². The Hall–Kier alpha value is -0.540. The zero-order valence-electron chi connectivity index (χ0n) is 15.8. The normalized spacial score (nSPS) is 16.1. The van der Waals surface area contributed by atoms with Crippen molar-refractivity contribution in [1.82, 2.24) is 15.5 Å². The number of rotatable bonds is 7. The molecule has 1 amide bonds. The van der Waals surface area contributed by atoms with E-state index in [9.17, 15) is 4.79 Å². The lowest BCUT2D eigenvalue weighted by molar-refractivity contribution is -0.138. The smallest absolute Gasteiger partial charge is 0.230 e. The van der Waals surface area contributed by atoms with Crippen LogP contribution in [0.5, 0.6) is 0 Å². The van der Waals surface area contributed by atoms with Crippen LogP contribution in [0.4, 0.5) is 0 Å². The van der Waals surface area contributed by atoms with Crippen LogP contribution >= 0.6 is 46.9 Å². The zero-order chi connectivity index (χ0) is 18.3. The Morgan fingerprint density at radius 3 is 2.54 bits per heavy atom. The summed E-state index contributed by atoms with van der Waals surface area (Å²) < 4.78 is 0.820. The fourth-order valence-electron chi connectivity index (χ4n) is 3.33. The molecule has 0 radical (unpaired) electrons. The Kier molecular flexibility index (Phi) is 10.2. The molecular formula is C18H30ClIN4OS. The maximum Gasteiger partial charge on any atom is 0.230 e. The van der Waals surface area contributed by atoms with E-state index in [0.717, 1.165) is 55.5 Å². The van der Waals surface area contributed by atoms with Crippen LogP contribution in [0.15, 0.2) is 17.1 Å². The van der Waals surface area contributed by atoms with E-state index in [-0.39, 0.29) is 35.3 Å². The molecule has 1 aromatic rings. The first-order chi connectivity index (χ1) is 12.0. The summed E-state index contributed by atoms with van der Waals surface area (Å²) >= 11 is 7.58. The Labute approximate surface area is 183 Å². The summed E-state index contributed by atoms with van der Waals surface area (Å²) in [6.45, 7) is 4.18. The van der Waals surface area contributed by atoms with Crippen LogP contribution in [0.1, 0.15) is 37.5 Å². The molecule has 8 heteroatoms. The standard InChI is InChI=1S/C18H29ClN4OS.HI/c1-4-20-17(21-12-9-14-7-8-15(19)25-14)22-13-18(10-5-6-11-18)16(24)23(2)3;/h7-8H,4-6,9-13H2,1-3H3,(H2,20,21,22);1H. The van der Waals surface area contributed by atoms with Crippen molar-refractivity contribution in [2.75, 3.05) is 33.7 Å². The minimum absolute atomic E-state index is 0. The summed E-state index contributed by atoms with van der Waals surface area (Å²) in [7, 11) is 3.67. The van der Waals surface area contributed by atoms with Gasteiger partial charge in [-0.1, -0.05) is 24.4 Å². The Morgan fingerprint density at radius 1 is 1.31 bits per heavy atom. The van der Waals surface area contributed by atoms with Gasteiger partial charge in [-0.15, -0.1) is 35.3 Å². The second kappa shape index (κ2) is 11.3. The van der Waals surface area contributed by atoms with Crippen molar-refractivity contribution in [3.05, 3.63) is 21.3 Å². The number of carbonyl (C=O) groups excluding carboxylic acids is 1. The van der Waals surface area contributed by atoms with Crippen LogP contribution in [0.25, 0.3) is 0 Å². The van der Waals surface area contributed by atoms with E-state index in [1.807, 2.05) is 27.1 Å². The quantitative estimate of drug-likeness (QED) is 0.332. The molecule has 1 saturated carbocycles. The molecule has 1 fully saturated rings. The highest BCUT2D eigenvalue weighted by Crippen LogP contribution is 2.39. The van der Waals surface area contributed by atoms with Crippen LogP contribution in [0.2, 0.25) is 4.34 Å². The highest BCUT2D eigenvalue weighted by molar-refractivity contribution is 14.0. The molecule has 2 rings (SSSR count). The van der Waals surface area contributed by atoms with Gasteiger partial charge in [0, 0.05) is 32.1 Å². The molecule has 0 spiro atoms. The molecule has 0 bridgehead atoms. The Morgan fingerprint density at radius 2 is 2.00 bits per heavy atom. The van der Waals surface area contributed by atoms with Crippen LogP contribution in [-0.2, 0) is 11.2 Å². The molecular weight excluding hydrogens is 483 g/mol. The van der Waals surface area contributed by atoms with Gasteiger partial charge in [0.15, 0.2) is 5.96 Å². The summed E-state index contributed by atoms with van der Waals surface area (Å²) in [5, 5.41) is 6.64. The third kappa shape index (κ3) is 6.56. The molecule has 0 aliphatic heterocycles. The second-order valence-corrected chi connectivity index (χ2v) is 8.56. The van der Waals surface area contributed by atoms with Gasteiger partial charge in [-0.05, 0) is 38.3 Å². The lowest BCUT2D eigenvalue weighted by Gasteiger charge is -2.29. The van der Waals surface area contributed by atoms with Gasteiger partial charge >= 0.3 is 0 Å². The maximum absolute atomic E-state index is 12.6. The average molecular weight is 513 g/mol. The van der Waals surface area contributed by atoms with E-state index >= 15 is 0 Å². The van der Waals surface area contributed by atoms with Crippen LogP contribution in [-0.4, -0.2) is 50.5 Å². The summed E-state index contributed by atoms with van der Waals surface area (Å²) in [5.41, 5.74) is -0.326. The van der Waals surface area contributed by atoms with E-state index in [0.29, 0.717) is 6.54 Å². The molecule has 1 heterocycles. The lowest BCUT2D eigenvalue weighted by Crippen LogP contribution is -2.43. The first kappa shape index (κ1) is 23.5. The number of nitrogens with zero attached hydrogens (tertiary/aromatic N) is 2. The highest BCUT2D eigenvalue weighted by atomic mass is 127. The number of hydrogen-bond donors (Lipinski definition) is 2. The van der Waals surface area contributed by atoms with Crippen molar-refractivity contribution in [2.45, 2.75) is 39.0 Å². The van der Waals surface area contributed by atoms with Gasteiger partial charge in [0.05, 0.1) is 16.3 Å². The minimum Gasteiger partial charge on any atom is -0.357 e. The van der Waals surface area contributed by atoms with Gasteiger partial charge < -0.3 is 15.5 Å². The van der Waals surface area contributed by atoms with Crippen molar-refractivity contribution < 1.29 is 4.79 Å². The number of amides is 1. The fraction of sp³-hybridized carbons (Fsp3) is 0.667. The number of guanidine groups is 1. The van der Waals surface area contributed by atoms with E-state index in [1.165, 1.54) is 4.88 Å². The van der Waals surface area contributed by atoms with Gasteiger partial charge in [-0.25, -0.2) is 0 Å². The predicted octanol–water partition coefficient (Wildman–Crippen LogP) is 3.77. The largest absolute Gasteiger partial charge is 0.357 e. The molecule has 1 aliphatic carbocycles. The molecule has 0 atom stereocenters. The first-order valence-corrected chi connectivity index (χ1v) is 10.1. The molecule has 1 aromatic heterocycles. The van der Waals surface area contributed by atoms with Gasteiger partial charge in [-0.3, -0.25) is 9.79 Å². The van der Waals surface area contributed by atoms with Gasteiger partial charge in [-0.2, -0.15) is 0 Å². The van der Waals surface area contributed by atoms with Gasteiger partial charge in [0.25, 0.3) is 0 Å². The number of aliphatic imine (C=N–C) groups is 1. The predicted molar refractivity (Wildman–Crippen MR) is 122 cm³/mol. The van der Waals surface area contributed by atoms with Gasteiger partial charge in [0.2, 0.25) is 5.91 Å². The van der Waals surface area contributed by atoms with Crippen molar-refractivity contribution in [1.29, 1.82) is 0 Å². The molecule has 0 aromatic carbocycles. The van der Waals surface area contributed by atoms with Gasteiger partial charge in [0.1, 0.15) is 0 Å². The molecule has 26 heavy (non-hydrogen) atoms. The Bertz CT molecular complexity index is 600. The van der Waals surface area contributed by atoms with Crippen LogP contribution < -0.4 is 10.6 Å². The maximum atomic E-state index is 12.6.